The molecule has 2 aliphatic rings. The van der Waals surface area contributed by atoms with Crippen LogP contribution in [0.4, 0.5) is 0 Å². The van der Waals surface area contributed by atoms with E-state index in [0.29, 0.717) is 6.04 Å². The van der Waals surface area contributed by atoms with E-state index in [2.05, 4.69) is 11.5 Å². The molecule has 1 aromatic rings. The first-order chi connectivity index (χ1) is 9.47. The zero-order valence-corrected chi connectivity index (χ0v) is 13.2. The van der Waals surface area contributed by atoms with E-state index in [4.69, 9.17) is 4.98 Å². The predicted octanol–water partition coefficient (Wildman–Crippen LogP) is 2.60. The number of aromatic nitrogens is 2. The van der Waals surface area contributed by atoms with E-state index < -0.39 is 9.84 Å². The Hall–Kier alpha value is -0.840. The van der Waals surface area contributed by atoms with Crippen LogP contribution in [0.25, 0.3) is 0 Å². The van der Waals surface area contributed by atoms with Gasteiger partial charge in [0.05, 0.1) is 10.9 Å². The zero-order chi connectivity index (χ0) is 14.3. The Kier molecular flexibility index (Phi) is 3.65. The molecule has 1 heterocycles. The molecule has 3 rings (SSSR count). The molecular weight excluding hydrogens is 272 g/mol. The van der Waals surface area contributed by atoms with Crippen molar-refractivity contribution < 1.29 is 8.42 Å². The van der Waals surface area contributed by atoms with Crippen molar-refractivity contribution in [2.75, 3.05) is 6.26 Å². The molecule has 5 heteroatoms. The van der Waals surface area contributed by atoms with E-state index >= 15 is 0 Å². The molecule has 2 aliphatic carbocycles. The molecule has 2 atom stereocenters. The fraction of sp³-hybridized carbons (Fsp3) is 0.800. The molecule has 1 aromatic heterocycles. The standard InChI is InChI=1S/C15H24N2O2S/c1-11-16-14-8-3-4-9-15(14)17(11)12-6-5-7-13(10-12)20(2,18)19/h12-13H,3-10H2,1-2H3. The van der Waals surface area contributed by atoms with Gasteiger partial charge in [0.15, 0.2) is 0 Å². The molecule has 0 N–H and O–H groups in total. The summed E-state index contributed by atoms with van der Waals surface area (Å²) in [7, 11) is -2.92. The van der Waals surface area contributed by atoms with E-state index in [1.54, 1.807) is 0 Å². The molecule has 0 saturated heterocycles. The molecule has 2 unspecified atom stereocenters. The van der Waals surface area contributed by atoms with Crippen LogP contribution in [-0.2, 0) is 22.7 Å². The highest BCUT2D eigenvalue weighted by Gasteiger charge is 2.32. The molecule has 0 amide bonds. The molecule has 1 saturated carbocycles. The van der Waals surface area contributed by atoms with Gasteiger partial charge < -0.3 is 4.57 Å². The molecule has 4 nitrogen and oxygen atoms in total. The number of imidazole rings is 1. The summed E-state index contributed by atoms with van der Waals surface area (Å²) in [6.07, 6.45) is 9.75. The molecule has 0 radical (unpaired) electrons. The van der Waals surface area contributed by atoms with Gasteiger partial charge in [-0.3, -0.25) is 0 Å². The Morgan fingerprint density at radius 2 is 1.90 bits per heavy atom. The first-order valence-electron chi connectivity index (χ1n) is 7.72. The van der Waals surface area contributed by atoms with E-state index in [1.165, 1.54) is 30.5 Å². The summed E-state index contributed by atoms with van der Waals surface area (Å²) in [5, 5.41) is -0.165. The fourth-order valence-electron chi connectivity index (χ4n) is 3.93. The largest absolute Gasteiger partial charge is 0.329 e. The third kappa shape index (κ3) is 2.52. The van der Waals surface area contributed by atoms with Gasteiger partial charge in [0, 0.05) is 18.0 Å². The summed E-state index contributed by atoms with van der Waals surface area (Å²) in [5.41, 5.74) is 2.64. The lowest BCUT2D eigenvalue weighted by atomic mass is 9.93. The van der Waals surface area contributed by atoms with Crippen LogP contribution < -0.4 is 0 Å². The summed E-state index contributed by atoms with van der Waals surface area (Å²) in [4.78, 5) is 4.73. The summed E-state index contributed by atoms with van der Waals surface area (Å²) in [5.74, 6) is 1.08. The minimum absolute atomic E-state index is 0.165. The maximum atomic E-state index is 11.9. The van der Waals surface area contributed by atoms with Gasteiger partial charge in [-0.05, 0) is 51.9 Å². The van der Waals surface area contributed by atoms with Gasteiger partial charge in [-0.25, -0.2) is 13.4 Å². The maximum absolute atomic E-state index is 11.9. The third-order valence-corrected chi connectivity index (χ3v) is 6.55. The van der Waals surface area contributed by atoms with Gasteiger partial charge >= 0.3 is 0 Å². The average molecular weight is 296 g/mol. The second-order valence-corrected chi connectivity index (χ2v) is 8.73. The van der Waals surface area contributed by atoms with Crippen LogP contribution in [0.1, 0.15) is 61.8 Å². The van der Waals surface area contributed by atoms with Gasteiger partial charge in [0.2, 0.25) is 0 Å². The summed E-state index contributed by atoms with van der Waals surface area (Å²) in [6, 6.07) is 0.331. The van der Waals surface area contributed by atoms with E-state index in [1.807, 2.05) is 0 Å². The second kappa shape index (κ2) is 5.17. The highest BCUT2D eigenvalue weighted by Crippen LogP contribution is 2.35. The summed E-state index contributed by atoms with van der Waals surface area (Å²) < 4.78 is 26.1. The normalized spacial score (nSPS) is 27.3. The van der Waals surface area contributed by atoms with Gasteiger partial charge in [0.25, 0.3) is 0 Å². The minimum Gasteiger partial charge on any atom is -0.329 e. The van der Waals surface area contributed by atoms with Crippen molar-refractivity contribution in [3.63, 3.8) is 0 Å². The maximum Gasteiger partial charge on any atom is 0.150 e. The second-order valence-electron chi connectivity index (χ2n) is 6.40. The van der Waals surface area contributed by atoms with Crippen molar-refractivity contribution >= 4 is 9.84 Å². The fourth-order valence-corrected chi connectivity index (χ4v) is 5.09. The molecule has 0 aliphatic heterocycles. The number of nitrogens with zero attached hydrogens (tertiary/aromatic N) is 2. The predicted molar refractivity (Wildman–Crippen MR) is 79.7 cm³/mol. The first kappa shape index (κ1) is 14.1. The lowest BCUT2D eigenvalue weighted by Gasteiger charge is -2.31. The van der Waals surface area contributed by atoms with Crippen molar-refractivity contribution in [3.05, 3.63) is 17.2 Å². The van der Waals surface area contributed by atoms with E-state index in [-0.39, 0.29) is 5.25 Å². The number of aryl methyl sites for hydroxylation is 2. The van der Waals surface area contributed by atoms with Crippen molar-refractivity contribution in [1.29, 1.82) is 0 Å². The topological polar surface area (TPSA) is 52.0 Å². The summed E-state index contributed by atoms with van der Waals surface area (Å²) >= 11 is 0. The van der Waals surface area contributed by atoms with Gasteiger partial charge in [-0.15, -0.1) is 0 Å². The smallest absolute Gasteiger partial charge is 0.150 e. The number of fused-ring (bicyclic) bond motifs is 1. The first-order valence-corrected chi connectivity index (χ1v) is 9.67. The van der Waals surface area contributed by atoms with E-state index in [0.717, 1.165) is 44.3 Å². The molecule has 0 bridgehead atoms. The van der Waals surface area contributed by atoms with Gasteiger partial charge in [0.1, 0.15) is 15.7 Å². The van der Waals surface area contributed by atoms with Crippen LogP contribution in [0, 0.1) is 6.92 Å². The number of rotatable bonds is 2. The van der Waals surface area contributed by atoms with Crippen LogP contribution in [0.5, 0.6) is 0 Å². The van der Waals surface area contributed by atoms with Gasteiger partial charge in [-0.1, -0.05) is 6.42 Å². The molecule has 20 heavy (non-hydrogen) atoms. The molecule has 1 fully saturated rings. The minimum atomic E-state index is -2.92. The Morgan fingerprint density at radius 3 is 2.65 bits per heavy atom. The van der Waals surface area contributed by atoms with Crippen LogP contribution in [0.2, 0.25) is 0 Å². The lowest BCUT2D eigenvalue weighted by molar-refractivity contribution is 0.339. The molecule has 112 valence electrons. The van der Waals surface area contributed by atoms with Crippen LogP contribution >= 0.6 is 0 Å². The number of hydrogen-bond donors (Lipinski definition) is 0. The van der Waals surface area contributed by atoms with Crippen molar-refractivity contribution in [2.24, 2.45) is 0 Å². The third-order valence-electron chi connectivity index (χ3n) is 4.92. The summed E-state index contributed by atoms with van der Waals surface area (Å²) in [6.45, 7) is 2.07. The number of sulfone groups is 1. The van der Waals surface area contributed by atoms with E-state index in [9.17, 15) is 8.42 Å². The van der Waals surface area contributed by atoms with Crippen molar-refractivity contribution in [1.82, 2.24) is 9.55 Å². The monoisotopic (exact) mass is 296 g/mol. The Morgan fingerprint density at radius 1 is 1.15 bits per heavy atom. The quantitative estimate of drug-likeness (QED) is 0.843. The molecule has 0 spiro atoms. The Bertz CT molecular complexity index is 604. The van der Waals surface area contributed by atoms with Crippen LogP contribution in [0.15, 0.2) is 0 Å². The van der Waals surface area contributed by atoms with Crippen molar-refractivity contribution in [2.45, 2.75) is 69.6 Å². The van der Waals surface area contributed by atoms with Crippen molar-refractivity contribution in [3.8, 4) is 0 Å². The highest BCUT2D eigenvalue weighted by molar-refractivity contribution is 7.91. The SMILES string of the molecule is Cc1nc2c(n1C1CCCC(S(C)(=O)=O)C1)CCCC2. The zero-order valence-electron chi connectivity index (χ0n) is 12.4. The number of hydrogen-bond acceptors (Lipinski definition) is 3. The molecular formula is C15H24N2O2S. The van der Waals surface area contributed by atoms with Gasteiger partial charge in [-0.2, -0.15) is 0 Å². The lowest BCUT2D eigenvalue weighted by Crippen LogP contribution is -2.30. The van der Waals surface area contributed by atoms with Crippen LogP contribution in [-0.4, -0.2) is 29.5 Å². The van der Waals surface area contributed by atoms with Crippen LogP contribution in [0.3, 0.4) is 0 Å². The Labute approximate surface area is 121 Å². The highest BCUT2D eigenvalue weighted by atomic mass is 32.2. The average Bonchev–Trinajstić information content (AvgIpc) is 2.73. The molecule has 0 aromatic carbocycles. The Balaban J connectivity index is 1.91.